The number of nitrogens with one attached hydrogen (secondary N) is 1. The Morgan fingerprint density at radius 1 is 1.18 bits per heavy atom. The van der Waals surface area contributed by atoms with Gasteiger partial charge < -0.3 is 11.1 Å². The molecule has 3 heteroatoms. The second-order valence-corrected chi connectivity index (χ2v) is 6.80. The van der Waals surface area contributed by atoms with Gasteiger partial charge in [0.05, 0.1) is 16.7 Å². The summed E-state index contributed by atoms with van der Waals surface area (Å²) in [6, 6.07) is 13.3. The summed E-state index contributed by atoms with van der Waals surface area (Å²) in [5.41, 5.74) is 12.0. The van der Waals surface area contributed by atoms with E-state index in [0.29, 0.717) is 17.9 Å². The van der Waals surface area contributed by atoms with Gasteiger partial charge in [0.15, 0.2) is 0 Å². The molecule has 1 saturated heterocycles. The number of anilines is 1. The van der Waals surface area contributed by atoms with Crippen molar-refractivity contribution in [3.05, 3.63) is 47.5 Å². The molecule has 3 unspecified atom stereocenters. The standard InChI is InChI=1S/C19H19N3/c1-10-9-21-16-8-13-11-4-2-3-5-15(11)22-19-14(20)7-6-12(17(10)16)18(13)19/h2-7,10,16-17,21H,8-9,20H2,1H3. The predicted molar refractivity (Wildman–Crippen MR) is 91.1 cm³/mol. The van der Waals surface area contributed by atoms with Crippen molar-refractivity contribution >= 4 is 27.5 Å². The third kappa shape index (κ3) is 1.47. The van der Waals surface area contributed by atoms with E-state index in [1.165, 1.54) is 21.9 Å². The van der Waals surface area contributed by atoms with Crippen LogP contribution in [-0.2, 0) is 6.42 Å². The number of fused-ring (bicyclic) bond motifs is 4. The SMILES string of the molecule is CC1CNC2Cc3c4ccccc4nc4c(N)ccc(c34)C12. The molecule has 1 fully saturated rings. The van der Waals surface area contributed by atoms with E-state index in [9.17, 15) is 0 Å². The summed E-state index contributed by atoms with van der Waals surface area (Å²) in [5.74, 6) is 1.25. The minimum atomic E-state index is 0.542. The highest BCUT2D eigenvalue weighted by molar-refractivity contribution is 6.04. The van der Waals surface area contributed by atoms with Crippen LogP contribution in [0.4, 0.5) is 5.69 Å². The van der Waals surface area contributed by atoms with Gasteiger partial charge in [-0.15, -0.1) is 0 Å². The summed E-state index contributed by atoms with van der Waals surface area (Å²) in [6.45, 7) is 3.44. The number of pyridine rings is 1. The third-order valence-corrected chi connectivity index (χ3v) is 5.54. The summed E-state index contributed by atoms with van der Waals surface area (Å²) < 4.78 is 0. The van der Waals surface area contributed by atoms with E-state index in [4.69, 9.17) is 10.7 Å². The van der Waals surface area contributed by atoms with Crippen molar-refractivity contribution in [1.82, 2.24) is 10.3 Å². The van der Waals surface area contributed by atoms with Gasteiger partial charge in [-0.3, -0.25) is 0 Å². The summed E-state index contributed by atoms with van der Waals surface area (Å²) in [6.07, 6.45) is 1.07. The number of para-hydroxylation sites is 1. The summed E-state index contributed by atoms with van der Waals surface area (Å²) >= 11 is 0. The highest BCUT2D eigenvalue weighted by Crippen LogP contribution is 2.45. The fourth-order valence-corrected chi connectivity index (χ4v) is 4.56. The molecule has 1 aliphatic carbocycles. The Kier molecular flexibility index (Phi) is 2.37. The summed E-state index contributed by atoms with van der Waals surface area (Å²) in [5, 5.41) is 6.31. The number of aromatic nitrogens is 1. The van der Waals surface area contributed by atoms with E-state index in [2.05, 4.69) is 42.6 Å². The molecule has 110 valence electrons. The first-order valence-corrected chi connectivity index (χ1v) is 8.07. The van der Waals surface area contributed by atoms with E-state index in [1.807, 2.05) is 6.07 Å². The van der Waals surface area contributed by atoms with Crippen LogP contribution in [0.15, 0.2) is 36.4 Å². The Bertz CT molecular complexity index is 915. The molecule has 3 aromatic rings. The summed E-state index contributed by atoms with van der Waals surface area (Å²) in [7, 11) is 0. The van der Waals surface area contributed by atoms with Gasteiger partial charge in [-0.05, 0) is 42.1 Å². The molecule has 2 aliphatic rings. The lowest BCUT2D eigenvalue weighted by atomic mass is 9.75. The van der Waals surface area contributed by atoms with Crippen LogP contribution in [0.2, 0.25) is 0 Å². The molecule has 5 rings (SSSR count). The lowest BCUT2D eigenvalue weighted by Crippen LogP contribution is -2.31. The number of hydrogen-bond donors (Lipinski definition) is 2. The molecule has 0 saturated carbocycles. The maximum atomic E-state index is 6.26. The van der Waals surface area contributed by atoms with Gasteiger partial charge >= 0.3 is 0 Å². The first-order chi connectivity index (χ1) is 10.7. The number of nitrogen functional groups attached to an aromatic ring is 1. The fraction of sp³-hybridized carbons (Fsp3) is 0.316. The van der Waals surface area contributed by atoms with Crippen LogP contribution in [0.3, 0.4) is 0 Å². The van der Waals surface area contributed by atoms with Crippen molar-refractivity contribution in [2.75, 3.05) is 12.3 Å². The smallest absolute Gasteiger partial charge is 0.0944 e. The van der Waals surface area contributed by atoms with Gasteiger partial charge in [0.25, 0.3) is 0 Å². The number of nitrogens with two attached hydrogens (primary N) is 1. The predicted octanol–water partition coefficient (Wildman–Crippen LogP) is 3.22. The molecule has 3 atom stereocenters. The van der Waals surface area contributed by atoms with Crippen molar-refractivity contribution in [2.45, 2.75) is 25.3 Å². The zero-order valence-corrected chi connectivity index (χ0v) is 12.6. The van der Waals surface area contributed by atoms with Crippen molar-refractivity contribution in [1.29, 1.82) is 0 Å². The van der Waals surface area contributed by atoms with Crippen LogP contribution < -0.4 is 11.1 Å². The van der Waals surface area contributed by atoms with Gasteiger partial charge in [0, 0.05) is 22.7 Å². The number of hydrogen-bond acceptors (Lipinski definition) is 3. The maximum Gasteiger partial charge on any atom is 0.0944 e. The third-order valence-electron chi connectivity index (χ3n) is 5.54. The molecule has 0 bridgehead atoms. The van der Waals surface area contributed by atoms with Crippen LogP contribution in [0.5, 0.6) is 0 Å². The second kappa shape index (κ2) is 4.20. The minimum absolute atomic E-state index is 0.542. The molecule has 0 radical (unpaired) electrons. The van der Waals surface area contributed by atoms with Crippen molar-refractivity contribution in [3.8, 4) is 0 Å². The number of nitrogens with zero attached hydrogens (tertiary/aromatic N) is 1. The lowest BCUT2D eigenvalue weighted by molar-refractivity contribution is 0.488. The Hall–Kier alpha value is -2.13. The molecule has 0 amide bonds. The second-order valence-electron chi connectivity index (χ2n) is 6.80. The first kappa shape index (κ1) is 12.4. The van der Waals surface area contributed by atoms with E-state index in [0.717, 1.165) is 29.7 Å². The van der Waals surface area contributed by atoms with Gasteiger partial charge in [0.1, 0.15) is 0 Å². The van der Waals surface area contributed by atoms with Crippen LogP contribution in [0.25, 0.3) is 21.8 Å². The van der Waals surface area contributed by atoms with Crippen LogP contribution in [0.1, 0.15) is 24.0 Å². The molecule has 3 N–H and O–H groups in total. The molecule has 2 heterocycles. The first-order valence-electron chi connectivity index (χ1n) is 8.07. The zero-order chi connectivity index (χ0) is 14.8. The molecule has 1 aromatic heterocycles. The van der Waals surface area contributed by atoms with Gasteiger partial charge in [-0.1, -0.05) is 31.2 Å². The molecule has 22 heavy (non-hydrogen) atoms. The Morgan fingerprint density at radius 3 is 2.95 bits per heavy atom. The Balaban J connectivity index is 1.96. The van der Waals surface area contributed by atoms with Crippen LogP contribution >= 0.6 is 0 Å². The van der Waals surface area contributed by atoms with Gasteiger partial charge in [-0.25, -0.2) is 4.98 Å². The topological polar surface area (TPSA) is 50.9 Å². The lowest BCUT2D eigenvalue weighted by Gasteiger charge is -2.31. The average Bonchev–Trinajstić information content (AvgIpc) is 2.91. The minimum Gasteiger partial charge on any atom is -0.397 e. The average molecular weight is 289 g/mol. The fourth-order valence-electron chi connectivity index (χ4n) is 4.56. The zero-order valence-electron chi connectivity index (χ0n) is 12.6. The molecular weight excluding hydrogens is 270 g/mol. The van der Waals surface area contributed by atoms with Gasteiger partial charge in [-0.2, -0.15) is 0 Å². The van der Waals surface area contributed by atoms with E-state index in [-0.39, 0.29) is 0 Å². The Labute approximate surface area is 129 Å². The van der Waals surface area contributed by atoms with Gasteiger partial charge in [0.2, 0.25) is 0 Å². The van der Waals surface area contributed by atoms with Crippen molar-refractivity contribution in [3.63, 3.8) is 0 Å². The quantitative estimate of drug-likeness (QED) is 0.493. The van der Waals surface area contributed by atoms with Crippen LogP contribution in [0, 0.1) is 5.92 Å². The molecular formula is C19H19N3. The Morgan fingerprint density at radius 2 is 2.05 bits per heavy atom. The highest BCUT2D eigenvalue weighted by atomic mass is 15.0. The molecule has 2 aromatic carbocycles. The van der Waals surface area contributed by atoms with E-state index in [1.54, 1.807) is 0 Å². The van der Waals surface area contributed by atoms with Crippen molar-refractivity contribution < 1.29 is 0 Å². The monoisotopic (exact) mass is 289 g/mol. The maximum absolute atomic E-state index is 6.26. The summed E-state index contributed by atoms with van der Waals surface area (Å²) in [4.78, 5) is 4.87. The number of benzene rings is 2. The van der Waals surface area contributed by atoms with Crippen LogP contribution in [-0.4, -0.2) is 17.6 Å². The largest absolute Gasteiger partial charge is 0.397 e. The molecule has 0 spiro atoms. The molecule has 1 aliphatic heterocycles. The van der Waals surface area contributed by atoms with E-state index >= 15 is 0 Å². The van der Waals surface area contributed by atoms with E-state index < -0.39 is 0 Å². The highest BCUT2D eigenvalue weighted by Gasteiger charge is 2.39. The molecule has 3 nitrogen and oxygen atoms in total. The van der Waals surface area contributed by atoms with Crippen molar-refractivity contribution in [2.24, 2.45) is 5.92 Å². The normalized spacial score (nSPS) is 26.5. The number of rotatable bonds is 0.